The number of methoxy groups -OCH3 is 2. The van der Waals surface area contributed by atoms with E-state index in [4.69, 9.17) is 26.4 Å². The normalized spacial score (nSPS) is 14.4. The first-order valence-corrected chi connectivity index (χ1v) is 11.5. The molecule has 0 spiro atoms. The van der Waals surface area contributed by atoms with Crippen molar-refractivity contribution in [3.05, 3.63) is 40.2 Å². The van der Waals surface area contributed by atoms with Gasteiger partial charge in [-0.05, 0) is 48.6 Å². The van der Waals surface area contributed by atoms with E-state index in [0.717, 1.165) is 69.7 Å². The number of nitrogens with one attached hydrogen (secondary N) is 2. The molecule has 0 bridgehead atoms. The molecule has 1 aliphatic rings. The summed E-state index contributed by atoms with van der Waals surface area (Å²) in [6.07, 6.45) is 1.83. The van der Waals surface area contributed by atoms with E-state index in [2.05, 4.69) is 20.1 Å². The van der Waals surface area contributed by atoms with Gasteiger partial charge in [-0.3, -0.25) is 9.69 Å². The molecular formula is C23H34N4O4S. The average molecular weight is 463 g/mol. The second kappa shape index (κ2) is 12.7. The van der Waals surface area contributed by atoms with E-state index in [1.807, 2.05) is 24.3 Å². The van der Waals surface area contributed by atoms with Crippen LogP contribution in [0.25, 0.3) is 10.9 Å². The van der Waals surface area contributed by atoms with Crippen molar-refractivity contribution in [3.63, 3.8) is 0 Å². The third-order valence-electron chi connectivity index (χ3n) is 5.59. The number of hydrogen-bond acceptors (Lipinski definition) is 6. The number of aromatic nitrogens is 1. The number of aromatic amines is 1. The Morgan fingerprint density at radius 3 is 2.81 bits per heavy atom. The van der Waals surface area contributed by atoms with E-state index in [1.54, 1.807) is 14.2 Å². The van der Waals surface area contributed by atoms with Gasteiger partial charge in [-0.1, -0.05) is 0 Å². The largest absolute Gasteiger partial charge is 0.497 e. The van der Waals surface area contributed by atoms with Crippen molar-refractivity contribution in [1.29, 1.82) is 0 Å². The molecule has 0 saturated carbocycles. The highest BCUT2D eigenvalue weighted by Gasteiger charge is 2.15. The summed E-state index contributed by atoms with van der Waals surface area (Å²) in [5.74, 6) is 0.715. The number of H-pyrrole nitrogens is 1. The van der Waals surface area contributed by atoms with Crippen molar-refractivity contribution in [1.82, 2.24) is 20.1 Å². The zero-order chi connectivity index (χ0) is 22.8. The van der Waals surface area contributed by atoms with Crippen LogP contribution < -0.4 is 15.6 Å². The summed E-state index contributed by atoms with van der Waals surface area (Å²) in [6, 6.07) is 7.63. The van der Waals surface area contributed by atoms with E-state index in [1.165, 1.54) is 0 Å². The van der Waals surface area contributed by atoms with Crippen LogP contribution in [0, 0.1) is 0 Å². The second-order valence-corrected chi connectivity index (χ2v) is 8.27. The van der Waals surface area contributed by atoms with E-state index in [0.29, 0.717) is 29.6 Å². The van der Waals surface area contributed by atoms with Gasteiger partial charge in [-0.25, -0.2) is 0 Å². The highest BCUT2D eigenvalue weighted by molar-refractivity contribution is 7.80. The molecule has 2 heterocycles. The van der Waals surface area contributed by atoms with Gasteiger partial charge in [-0.2, -0.15) is 0 Å². The number of fused-ring (bicyclic) bond motifs is 1. The van der Waals surface area contributed by atoms with Gasteiger partial charge in [0.25, 0.3) is 5.56 Å². The lowest BCUT2D eigenvalue weighted by atomic mass is 10.1. The summed E-state index contributed by atoms with van der Waals surface area (Å²) in [7, 11) is 3.31. The third-order valence-corrected chi connectivity index (χ3v) is 5.99. The zero-order valence-corrected chi connectivity index (χ0v) is 19.8. The number of nitrogens with zero attached hydrogens (tertiary/aromatic N) is 2. The predicted octanol–water partition coefficient (Wildman–Crippen LogP) is 1.97. The SMILES string of the molecule is COCCCNC(=S)N(CCCN1CCOCC1)Cc1cc2ccc(OC)cc2[nH]c1=O. The molecule has 2 aromatic rings. The van der Waals surface area contributed by atoms with Crippen molar-refractivity contribution < 1.29 is 14.2 Å². The van der Waals surface area contributed by atoms with Gasteiger partial charge in [0.05, 0.1) is 32.4 Å². The maximum absolute atomic E-state index is 12.8. The summed E-state index contributed by atoms with van der Waals surface area (Å²) < 4.78 is 15.8. The minimum atomic E-state index is -0.105. The zero-order valence-electron chi connectivity index (χ0n) is 19.0. The molecule has 1 fully saturated rings. The summed E-state index contributed by atoms with van der Waals surface area (Å²) in [5, 5.41) is 4.94. The maximum atomic E-state index is 12.8. The Hall–Kier alpha value is -2.20. The minimum Gasteiger partial charge on any atom is -0.497 e. The Labute approximate surface area is 194 Å². The molecule has 0 atom stereocenters. The number of thiocarbonyl (C=S) groups is 1. The molecule has 3 rings (SSSR count). The summed E-state index contributed by atoms with van der Waals surface area (Å²) in [5.41, 5.74) is 1.35. The van der Waals surface area contributed by atoms with E-state index < -0.39 is 0 Å². The first-order chi connectivity index (χ1) is 15.6. The van der Waals surface area contributed by atoms with Crippen LogP contribution in [0.3, 0.4) is 0 Å². The highest BCUT2D eigenvalue weighted by Crippen LogP contribution is 2.19. The molecule has 2 N–H and O–H groups in total. The minimum absolute atomic E-state index is 0.105. The molecule has 1 aromatic heterocycles. The van der Waals surface area contributed by atoms with E-state index >= 15 is 0 Å². The quantitative estimate of drug-likeness (QED) is 0.388. The summed E-state index contributed by atoms with van der Waals surface area (Å²) >= 11 is 5.68. The molecule has 0 amide bonds. The average Bonchev–Trinajstić information content (AvgIpc) is 2.81. The smallest absolute Gasteiger partial charge is 0.253 e. The number of benzene rings is 1. The van der Waals surface area contributed by atoms with Crippen molar-refractivity contribution in [2.75, 3.05) is 66.8 Å². The molecule has 8 nitrogen and oxygen atoms in total. The van der Waals surface area contributed by atoms with Gasteiger partial charge in [0.15, 0.2) is 5.11 Å². The van der Waals surface area contributed by atoms with E-state index in [-0.39, 0.29) is 5.56 Å². The molecule has 0 unspecified atom stereocenters. The summed E-state index contributed by atoms with van der Waals surface area (Å²) in [6.45, 7) is 7.15. The fraction of sp³-hybridized carbons (Fsp3) is 0.565. The van der Waals surface area contributed by atoms with Gasteiger partial charge < -0.3 is 29.4 Å². The van der Waals surface area contributed by atoms with Gasteiger partial charge in [0.1, 0.15) is 5.75 Å². The first kappa shape index (κ1) is 24.4. The lowest BCUT2D eigenvalue weighted by Crippen LogP contribution is -2.43. The van der Waals surface area contributed by atoms with E-state index in [9.17, 15) is 4.79 Å². The number of morpholine rings is 1. The molecule has 32 heavy (non-hydrogen) atoms. The monoisotopic (exact) mass is 462 g/mol. The molecule has 0 aliphatic carbocycles. The predicted molar refractivity (Wildman–Crippen MR) is 131 cm³/mol. The van der Waals surface area contributed by atoms with Crippen molar-refractivity contribution in [3.8, 4) is 5.75 Å². The Kier molecular flexibility index (Phi) is 9.73. The molecule has 1 aliphatic heterocycles. The van der Waals surface area contributed by atoms with Crippen molar-refractivity contribution in [2.45, 2.75) is 19.4 Å². The van der Waals surface area contributed by atoms with Gasteiger partial charge in [-0.15, -0.1) is 0 Å². The van der Waals surface area contributed by atoms with Gasteiger partial charge >= 0.3 is 0 Å². The topological polar surface area (TPSA) is 79.1 Å². The van der Waals surface area contributed by atoms with Crippen LogP contribution >= 0.6 is 12.2 Å². The lowest BCUT2D eigenvalue weighted by molar-refractivity contribution is 0.0367. The van der Waals surface area contributed by atoms with Crippen LogP contribution in [-0.4, -0.2) is 86.7 Å². The second-order valence-electron chi connectivity index (χ2n) is 7.88. The van der Waals surface area contributed by atoms with Crippen LogP contribution in [0.5, 0.6) is 5.75 Å². The molecular weight excluding hydrogens is 428 g/mol. The maximum Gasteiger partial charge on any atom is 0.253 e. The van der Waals surface area contributed by atoms with Crippen LogP contribution in [0.2, 0.25) is 0 Å². The highest BCUT2D eigenvalue weighted by atomic mass is 32.1. The Morgan fingerprint density at radius 1 is 1.25 bits per heavy atom. The number of ether oxygens (including phenoxy) is 3. The standard InChI is InChI=1S/C23H34N4O4S/c1-29-12-3-7-24-23(32)27(9-4-8-26-10-13-31-14-11-26)17-19-15-18-5-6-20(30-2)16-21(18)25-22(19)28/h5-6,15-16H,3-4,7-14,17H2,1-2H3,(H,24,32)(H,25,28). The fourth-order valence-electron chi connectivity index (χ4n) is 3.76. The molecule has 1 saturated heterocycles. The van der Waals surface area contributed by atoms with Crippen LogP contribution in [0.1, 0.15) is 18.4 Å². The Bertz CT molecular complexity index is 930. The van der Waals surface area contributed by atoms with Gasteiger partial charge in [0.2, 0.25) is 0 Å². The summed E-state index contributed by atoms with van der Waals surface area (Å²) in [4.78, 5) is 20.3. The fourth-order valence-corrected chi connectivity index (χ4v) is 4.02. The third kappa shape index (κ3) is 7.16. The number of hydrogen-bond donors (Lipinski definition) is 2. The Balaban J connectivity index is 1.69. The molecule has 176 valence electrons. The molecule has 1 aromatic carbocycles. The molecule has 0 radical (unpaired) electrons. The van der Waals surface area contributed by atoms with Crippen LogP contribution in [0.15, 0.2) is 29.1 Å². The Morgan fingerprint density at radius 2 is 2.06 bits per heavy atom. The number of pyridine rings is 1. The van der Waals surface area contributed by atoms with Crippen LogP contribution in [0.4, 0.5) is 0 Å². The van der Waals surface area contributed by atoms with Crippen LogP contribution in [-0.2, 0) is 16.0 Å². The number of rotatable bonds is 11. The van der Waals surface area contributed by atoms with Gasteiger partial charge in [0, 0.05) is 58.1 Å². The van der Waals surface area contributed by atoms with Crippen molar-refractivity contribution >= 4 is 28.2 Å². The molecule has 9 heteroatoms. The lowest BCUT2D eigenvalue weighted by Gasteiger charge is -2.29. The first-order valence-electron chi connectivity index (χ1n) is 11.1. The van der Waals surface area contributed by atoms with Crippen molar-refractivity contribution in [2.24, 2.45) is 0 Å².